The van der Waals surface area contributed by atoms with Crippen molar-refractivity contribution in [3.05, 3.63) is 29.1 Å². The molecule has 84 valence electrons. The standard InChI is InChI=1S/C11H15FO2S/c1-7(2)9-6-11(15(4,13)14)8(3)5-10(9)12/h5-7H,1-4H3. The van der Waals surface area contributed by atoms with E-state index in [1.54, 1.807) is 6.92 Å². The second kappa shape index (κ2) is 3.93. The summed E-state index contributed by atoms with van der Waals surface area (Å²) in [6, 6.07) is 2.72. The van der Waals surface area contributed by atoms with Crippen LogP contribution >= 0.6 is 0 Å². The maximum absolute atomic E-state index is 13.5. The molecule has 0 saturated heterocycles. The summed E-state index contributed by atoms with van der Waals surface area (Å²) in [6.07, 6.45) is 1.14. The van der Waals surface area contributed by atoms with Crippen LogP contribution in [0.5, 0.6) is 0 Å². The van der Waals surface area contributed by atoms with Crippen molar-refractivity contribution in [1.29, 1.82) is 0 Å². The molecule has 0 spiro atoms. The van der Waals surface area contributed by atoms with Gasteiger partial charge in [0.05, 0.1) is 4.90 Å². The van der Waals surface area contributed by atoms with E-state index in [9.17, 15) is 12.8 Å². The number of rotatable bonds is 2. The lowest BCUT2D eigenvalue weighted by molar-refractivity contribution is 0.588. The molecule has 0 aromatic heterocycles. The van der Waals surface area contributed by atoms with Gasteiger partial charge in [-0.2, -0.15) is 0 Å². The summed E-state index contributed by atoms with van der Waals surface area (Å²) >= 11 is 0. The smallest absolute Gasteiger partial charge is 0.175 e. The van der Waals surface area contributed by atoms with E-state index in [4.69, 9.17) is 0 Å². The van der Waals surface area contributed by atoms with Gasteiger partial charge < -0.3 is 0 Å². The fourth-order valence-electron chi connectivity index (χ4n) is 1.51. The first kappa shape index (κ1) is 12.2. The highest BCUT2D eigenvalue weighted by atomic mass is 32.2. The van der Waals surface area contributed by atoms with Gasteiger partial charge in [-0.15, -0.1) is 0 Å². The molecule has 1 rings (SSSR count). The molecule has 0 unspecified atom stereocenters. The maximum Gasteiger partial charge on any atom is 0.175 e. The van der Waals surface area contributed by atoms with E-state index in [1.165, 1.54) is 12.1 Å². The predicted octanol–water partition coefficient (Wildman–Crippen LogP) is 2.66. The van der Waals surface area contributed by atoms with E-state index in [2.05, 4.69) is 0 Å². The molecule has 0 fully saturated rings. The van der Waals surface area contributed by atoms with Crippen LogP contribution in [-0.2, 0) is 9.84 Å². The van der Waals surface area contributed by atoms with Crippen molar-refractivity contribution in [2.24, 2.45) is 0 Å². The number of benzene rings is 1. The summed E-state index contributed by atoms with van der Waals surface area (Å²) in [5.74, 6) is -0.360. The summed E-state index contributed by atoms with van der Waals surface area (Å²) in [7, 11) is -3.27. The number of hydrogen-bond acceptors (Lipinski definition) is 2. The van der Waals surface area contributed by atoms with Gasteiger partial charge in [-0.3, -0.25) is 0 Å². The van der Waals surface area contributed by atoms with Crippen molar-refractivity contribution < 1.29 is 12.8 Å². The van der Waals surface area contributed by atoms with Crippen LogP contribution in [0.3, 0.4) is 0 Å². The lowest BCUT2D eigenvalue weighted by Crippen LogP contribution is -2.04. The highest BCUT2D eigenvalue weighted by molar-refractivity contribution is 7.90. The Balaban J connectivity index is 3.50. The first-order chi connectivity index (χ1) is 6.73. The number of sulfone groups is 1. The number of hydrogen-bond donors (Lipinski definition) is 0. The fraction of sp³-hybridized carbons (Fsp3) is 0.455. The van der Waals surface area contributed by atoms with E-state index in [0.717, 1.165) is 6.26 Å². The SMILES string of the molecule is Cc1cc(F)c(C(C)C)cc1S(C)(=O)=O. The maximum atomic E-state index is 13.5. The Kier molecular flexibility index (Phi) is 3.19. The van der Waals surface area contributed by atoms with E-state index < -0.39 is 9.84 Å². The lowest BCUT2D eigenvalue weighted by atomic mass is 10.0. The molecule has 0 N–H and O–H groups in total. The van der Waals surface area contributed by atoms with E-state index in [1.807, 2.05) is 13.8 Å². The molecule has 0 aliphatic carbocycles. The fourth-order valence-corrected chi connectivity index (χ4v) is 2.50. The summed E-state index contributed by atoms with van der Waals surface area (Å²) in [4.78, 5) is 0.215. The molecule has 2 nitrogen and oxygen atoms in total. The van der Waals surface area contributed by atoms with Crippen LogP contribution in [0.4, 0.5) is 4.39 Å². The van der Waals surface area contributed by atoms with Crippen molar-refractivity contribution in [3.63, 3.8) is 0 Å². The van der Waals surface area contributed by atoms with Gasteiger partial charge in [0.25, 0.3) is 0 Å². The molecular formula is C11H15FO2S. The van der Waals surface area contributed by atoms with Crippen LogP contribution in [-0.4, -0.2) is 14.7 Å². The van der Waals surface area contributed by atoms with Gasteiger partial charge >= 0.3 is 0 Å². The molecule has 0 radical (unpaired) electrons. The summed E-state index contributed by atoms with van der Waals surface area (Å²) in [5.41, 5.74) is 0.903. The minimum absolute atomic E-state index is 0.0221. The van der Waals surface area contributed by atoms with Crippen molar-refractivity contribution >= 4 is 9.84 Å². The largest absolute Gasteiger partial charge is 0.224 e. The van der Waals surface area contributed by atoms with Crippen LogP contribution in [0.15, 0.2) is 17.0 Å². The number of halogens is 1. The molecule has 0 saturated carbocycles. The zero-order valence-electron chi connectivity index (χ0n) is 9.33. The highest BCUT2D eigenvalue weighted by Crippen LogP contribution is 2.25. The van der Waals surface area contributed by atoms with Crippen LogP contribution in [0.1, 0.15) is 30.9 Å². The Labute approximate surface area is 90.0 Å². The zero-order valence-corrected chi connectivity index (χ0v) is 10.2. The third-order valence-corrected chi connectivity index (χ3v) is 3.55. The normalized spacial score (nSPS) is 12.1. The van der Waals surface area contributed by atoms with Gasteiger partial charge in [-0.05, 0) is 36.1 Å². The quantitative estimate of drug-likeness (QED) is 0.732. The van der Waals surface area contributed by atoms with E-state index in [0.29, 0.717) is 11.1 Å². The summed E-state index contributed by atoms with van der Waals surface area (Å²) in [5, 5.41) is 0. The van der Waals surface area contributed by atoms with E-state index >= 15 is 0 Å². The molecule has 0 heterocycles. The first-order valence-corrected chi connectivity index (χ1v) is 6.62. The molecule has 0 amide bonds. The van der Waals surface area contributed by atoms with Gasteiger partial charge in [0.2, 0.25) is 0 Å². The van der Waals surface area contributed by atoms with Crippen molar-refractivity contribution in [3.8, 4) is 0 Å². The Bertz CT molecular complexity index is 476. The van der Waals surface area contributed by atoms with E-state index in [-0.39, 0.29) is 16.6 Å². The van der Waals surface area contributed by atoms with Crippen molar-refractivity contribution in [1.82, 2.24) is 0 Å². The van der Waals surface area contributed by atoms with Gasteiger partial charge in [0, 0.05) is 6.26 Å². The lowest BCUT2D eigenvalue weighted by Gasteiger charge is -2.11. The van der Waals surface area contributed by atoms with Gasteiger partial charge in [-0.1, -0.05) is 13.8 Å². The van der Waals surface area contributed by atoms with Gasteiger partial charge in [-0.25, -0.2) is 12.8 Å². The van der Waals surface area contributed by atoms with Crippen molar-refractivity contribution in [2.75, 3.05) is 6.26 Å². The molecule has 4 heteroatoms. The second-order valence-corrected chi connectivity index (χ2v) is 6.05. The average Bonchev–Trinajstić information content (AvgIpc) is 2.00. The monoisotopic (exact) mass is 230 g/mol. The second-order valence-electron chi connectivity index (χ2n) is 4.07. The minimum atomic E-state index is -3.27. The predicted molar refractivity (Wildman–Crippen MR) is 58.3 cm³/mol. The Morgan fingerprint density at radius 2 is 1.80 bits per heavy atom. The Morgan fingerprint density at radius 1 is 1.27 bits per heavy atom. The molecule has 15 heavy (non-hydrogen) atoms. The topological polar surface area (TPSA) is 34.1 Å². The van der Waals surface area contributed by atoms with Crippen LogP contribution in [0.25, 0.3) is 0 Å². The third-order valence-electron chi connectivity index (χ3n) is 2.32. The zero-order chi connectivity index (χ0) is 11.8. The van der Waals surface area contributed by atoms with Crippen LogP contribution < -0.4 is 0 Å². The average molecular weight is 230 g/mol. The van der Waals surface area contributed by atoms with Gasteiger partial charge in [0.1, 0.15) is 5.82 Å². The molecule has 0 aliphatic heterocycles. The Morgan fingerprint density at radius 3 is 2.20 bits per heavy atom. The Hall–Kier alpha value is -0.900. The van der Waals surface area contributed by atoms with Crippen LogP contribution in [0.2, 0.25) is 0 Å². The third kappa shape index (κ3) is 2.56. The number of aryl methyl sites for hydroxylation is 1. The summed E-state index contributed by atoms with van der Waals surface area (Å²) in [6.45, 7) is 5.27. The minimum Gasteiger partial charge on any atom is -0.224 e. The first-order valence-electron chi connectivity index (χ1n) is 4.73. The van der Waals surface area contributed by atoms with Crippen molar-refractivity contribution in [2.45, 2.75) is 31.6 Å². The molecule has 1 aromatic rings. The highest BCUT2D eigenvalue weighted by Gasteiger charge is 2.16. The van der Waals surface area contributed by atoms with Crippen LogP contribution in [0, 0.1) is 12.7 Å². The molecule has 0 atom stereocenters. The molecule has 0 bridgehead atoms. The molecule has 0 aliphatic rings. The summed E-state index contributed by atoms with van der Waals surface area (Å²) < 4.78 is 36.3. The molecular weight excluding hydrogens is 215 g/mol. The molecule has 1 aromatic carbocycles. The van der Waals surface area contributed by atoms with Gasteiger partial charge in [0.15, 0.2) is 9.84 Å².